The zero-order chi connectivity index (χ0) is 13.5. The highest BCUT2D eigenvalue weighted by molar-refractivity contribution is 14.0. The molecule has 0 radical (unpaired) electrons. The van der Waals surface area contributed by atoms with Crippen LogP contribution in [0.3, 0.4) is 0 Å². The van der Waals surface area contributed by atoms with Crippen LogP contribution < -0.4 is 5.73 Å². The lowest BCUT2D eigenvalue weighted by Crippen LogP contribution is -2.38. The topological polar surface area (TPSA) is 41.6 Å². The number of likely N-dealkylation sites (tertiary alicyclic amines) is 1. The maximum Gasteiger partial charge on any atom is 0.191 e. The number of halogens is 2. The zero-order valence-corrected chi connectivity index (χ0v) is 14.8. The van der Waals surface area contributed by atoms with Crippen molar-refractivity contribution in [3.05, 3.63) is 34.9 Å². The van der Waals surface area contributed by atoms with Crippen molar-refractivity contribution >= 4 is 41.5 Å². The van der Waals surface area contributed by atoms with Gasteiger partial charge in [0.15, 0.2) is 5.96 Å². The lowest BCUT2D eigenvalue weighted by molar-refractivity contribution is 0.428. The minimum absolute atomic E-state index is 0. The van der Waals surface area contributed by atoms with E-state index in [-0.39, 0.29) is 24.0 Å². The third-order valence-corrected chi connectivity index (χ3v) is 3.91. The Morgan fingerprint density at radius 1 is 1.15 bits per heavy atom. The van der Waals surface area contributed by atoms with Gasteiger partial charge in [0.2, 0.25) is 0 Å². The molecular weight excluding hydrogens is 385 g/mol. The van der Waals surface area contributed by atoms with Gasteiger partial charge in [0.05, 0.1) is 0 Å². The number of rotatable bonds is 3. The van der Waals surface area contributed by atoms with E-state index >= 15 is 0 Å². The van der Waals surface area contributed by atoms with Gasteiger partial charge in [0, 0.05) is 24.7 Å². The Balaban J connectivity index is 0.00000200. The normalized spacial score (nSPS) is 16.4. The maximum absolute atomic E-state index is 6.12. The maximum atomic E-state index is 6.12. The molecule has 1 aromatic rings. The van der Waals surface area contributed by atoms with Crippen LogP contribution in [0.4, 0.5) is 0 Å². The largest absolute Gasteiger partial charge is 0.370 e. The van der Waals surface area contributed by atoms with Crippen LogP contribution in [0.2, 0.25) is 5.02 Å². The fourth-order valence-corrected chi connectivity index (χ4v) is 2.62. The lowest BCUT2D eigenvalue weighted by atomic mass is 10.1. The van der Waals surface area contributed by atoms with Crippen molar-refractivity contribution in [2.75, 3.05) is 19.6 Å². The SMILES string of the molecule is I.NC(=NCCc1ccccc1Cl)N1CCCCCC1. The van der Waals surface area contributed by atoms with E-state index in [1.807, 2.05) is 24.3 Å². The number of aliphatic imine (C=N–C) groups is 1. The van der Waals surface area contributed by atoms with E-state index in [4.69, 9.17) is 17.3 Å². The first-order chi connectivity index (χ1) is 9.27. The third-order valence-electron chi connectivity index (χ3n) is 3.54. The van der Waals surface area contributed by atoms with E-state index < -0.39 is 0 Å². The average Bonchev–Trinajstić information content (AvgIpc) is 2.70. The summed E-state index contributed by atoms with van der Waals surface area (Å²) in [5, 5.41) is 0.811. The number of hydrogen-bond acceptors (Lipinski definition) is 1. The molecule has 0 amide bonds. The summed E-state index contributed by atoms with van der Waals surface area (Å²) in [6.07, 6.45) is 5.91. The molecule has 3 nitrogen and oxygen atoms in total. The van der Waals surface area contributed by atoms with Crippen LogP contribution in [0.5, 0.6) is 0 Å². The highest BCUT2D eigenvalue weighted by Gasteiger charge is 2.10. The molecule has 0 unspecified atom stereocenters. The van der Waals surface area contributed by atoms with Crippen molar-refractivity contribution in [2.24, 2.45) is 10.7 Å². The van der Waals surface area contributed by atoms with Gasteiger partial charge in [-0.15, -0.1) is 24.0 Å². The molecule has 1 aliphatic heterocycles. The van der Waals surface area contributed by atoms with Gasteiger partial charge in [-0.25, -0.2) is 0 Å². The second-order valence-electron chi connectivity index (χ2n) is 4.98. The molecule has 0 spiro atoms. The quantitative estimate of drug-likeness (QED) is 0.472. The highest BCUT2D eigenvalue weighted by atomic mass is 127. The molecule has 0 aromatic heterocycles. The fraction of sp³-hybridized carbons (Fsp3) is 0.533. The second kappa shape index (κ2) is 9.45. The molecule has 112 valence electrons. The first-order valence-electron chi connectivity index (χ1n) is 7.05. The Morgan fingerprint density at radius 3 is 2.45 bits per heavy atom. The Bertz CT molecular complexity index is 429. The zero-order valence-electron chi connectivity index (χ0n) is 11.7. The van der Waals surface area contributed by atoms with Crippen LogP contribution in [0.15, 0.2) is 29.3 Å². The van der Waals surface area contributed by atoms with Crippen molar-refractivity contribution in [3.63, 3.8) is 0 Å². The Hall–Kier alpha value is -0.490. The van der Waals surface area contributed by atoms with Crippen molar-refractivity contribution in [1.82, 2.24) is 4.90 Å². The van der Waals surface area contributed by atoms with E-state index in [9.17, 15) is 0 Å². The Labute approximate surface area is 143 Å². The van der Waals surface area contributed by atoms with Crippen LogP contribution in [0.1, 0.15) is 31.2 Å². The van der Waals surface area contributed by atoms with Gasteiger partial charge in [-0.1, -0.05) is 42.6 Å². The van der Waals surface area contributed by atoms with Crippen LogP contribution in [0, 0.1) is 0 Å². The molecule has 2 rings (SSSR count). The van der Waals surface area contributed by atoms with Crippen LogP contribution in [0.25, 0.3) is 0 Å². The molecule has 0 bridgehead atoms. The Morgan fingerprint density at radius 2 is 1.80 bits per heavy atom. The number of nitrogens with zero attached hydrogens (tertiary/aromatic N) is 2. The summed E-state index contributed by atoms with van der Waals surface area (Å²) in [6, 6.07) is 7.91. The van der Waals surface area contributed by atoms with E-state index in [0.717, 1.165) is 30.1 Å². The molecule has 20 heavy (non-hydrogen) atoms. The van der Waals surface area contributed by atoms with Gasteiger partial charge in [-0.05, 0) is 30.9 Å². The first kappa shape index (κ1) is 17.6. The lowest BCUT2D eigenvalue weighted by Gasteiger charge is -2.21. The van der Waals surface area contributed by atoms with Gasteiger partial charge in [-0.3, -0.25) is 4.99 Å². The summed E-state index contributed by atoms with van der Waals surface area (Å²) in [5.74, 6) is 0.689. The molecular formula is C15H23ClIN3. The first-order valence-corrected chi connectivity index (χ1v) is 7.43. The fourth-order valence-electron chi connectivity index (χ4n) is 2.39. The summed E-state index contributed by atoms with van der Waals surface area (Å²) < 4.78 is 0. The number of hydrogen-bond donors (Lipinski definition) is 1. The number of nitrogens with two attached hydrogens (primary N) is 1. The smallest absolute Gasteiger partial charge is 0.191 e. The van der Waals surface area contributed by atoms with E-state index in [1.54, 1.807) is 0 Å². The number of guanidine groups is 1. The van der Waals surface area contributed by atoms with Crippen molar-refractivity contribution in [3.8, 4) is 0 Å². The second-order valence-corrected chi connectivity index (χ2v) is 5.39. The monoisotopic (exact) mass is 407 g/mol. The van der Waals surface area contributed by atoms with Gasteiger partial charge in [-0.2, -0.15) is 0 Å². The van der Waals surface area contributed by atoms with Gasteiger partial charge in [0.1, 0.15) is 0 Å². The van der Waals surface area contributed by atoms with Gasteiger partial charge >= 0.3 is 0 Å². The van der Waals surface area contributed by atoms with Gasteiger partial charge < -0.3 is 10.6 Å². The number of benzene rings is 1. The van der Waals surface area contributed by atoms with Gasteiger partial charge in [0.25, 0.3) is 0 Å². The standard InChI is InChI=1S/C15H22ClN3.HI/c16-14-8-4-3-7-13(14)9-10-18-15(17)19-11-5-1-2-6-12-19;/h3-4,7-8H,1-2,5-6,9-12H2,(H2,17,18);1H. The van der Waals surface area contributed by atoms with E-state index in [1.165, 1.54) is 25.7 Å². The molecule has 1 fully saturated rings. The average molecular weight is 408 g/mol. The third kappa shape index (κ3) is 5.48. The van der Waals surface area contributed by atoms with Crippen molar-refractivity contribution in [1.29, 1.82) is 0 Å². The predicted octanol–water partition coefficient (Wildman–Crippen LogP) is 3.69. The van der Waals surface area contributed by atoms with Crippen LogP contribution >= 0.6 is 35.6 Å². The molecule has 1 saturated heterocycles. The molecule has 0 atom stereocenters. The molecule has 0 aliphatic carbocycles. The highest BCUT2D eigenvalue weighted by Crippen LogP contribution is 2.15. The minimum Gasteiger partial charge on any atom is -0.370 e. The summed E-state index contributed by atoms with van der Waals surface area (Å²) in [4.78, 5) is 6.70. The summed E-state index contributed by atoms with van der Waals surface area (Å²) in [6.45, 7) is 2.79. The molecule has 5 heteroatoms. The molecule has 1 heterocycles. The van der Waals surface area contributed by atoms with Crippen molar-refractivity contribution in [2.45, 2.75) is 32.1 Å². The summed E-state index contributed by atoms with van der Waals surface area (Å²) in [7, 11) is 0. The van der Waals surface area contributed by atoms with Crippen molar-refractivity contribution < 1.29 is 0 Å². The molecule has 1 aromatic carbocycles. The van der Waals surface area contributed by atoms with Crippen LogP contribution in [-0.2, 0) is 6.42 Å². The molecule has 1 aliphatic rings. The molecule has 0 saturated carbocycles. The molecule has 2 N–H and O–H groups in total. The van der Waals surface area contributed by atoms with E-state index in [2.05, 4.69) is 9.89 Å². The summed E-state index contributed by atoms with van der Waals surface area (Å²) >= 11 is 6.12. The van der Waals surface area contributed by atoms with Crippen LogP contribution in [-0.4, -0.2) is 30.5 Å². The predicted molar refractivity (Wildman–Crippen MR) is 97.1 cm³/mol. The minimum atomic E-state index is 0. The van der Waals surface area contributed by atoms with E-state index in [0.29, 0.717) is 12.5 Å². The summed E-state index contributed by atoms with van der Waals surface area (Å²) in [5.41, 5.74) is 7.20. The Kier molecular flexibility index (Phi) is 8.30.